The molecule has 0 unspecified atom stereocenters. The Balaban J connectivity index is 1.79. The van der Waals surface area contributed by atoms with E-state index in [0.717, 1.165) is 17.1 Å². The van der Waals surface area contributed by atoms with Gasteiger partial charge in [-0.1, -0.05) is 65.7 Å². The Morgan fingerprint density at radius 3 is 1.71 bits per heavy atom. The molecular formula is C27H19Cl2FN2O3. The number of nitrogens with zero attached hydrogens (tertiary/aromatic N) is 1. The molecule has 8 heteroatoms. The van der Waals surface area contributed by atoms with Crippen molar-refractivity contribution in [3.8, 4) is 0 Å². The van der Waals surface area contributed by atoms with Crippen LogP contribution < -0.4 is 10.4 Å². The number of carbonyl (C=O) groups is 2. The molecule has 4 aromatic rings. The van der Waals surface area contributed by atoms with Crippen LogP contribution in [-0.2, 0) is 10.4 Å². The van der Waals surface area contributed by atoms with Crippen LogP contribution in [0.3, 0.4) is 0 Å². The van der Waals surface area contributed by atoms with Crippen molar-refractivity contribution in [2.75, 3.05) is 5.01 Å². The zero-order valence-electron chi connectivity index (χ0n) is 18.2. The number of rotatable bonds is 5. The maximum Gasteiger partial charge on any atom is 0.280 e. The normalized spacial score (nSPS) is 11.1. The third-order valence-corrected chi connectivity index (χ3v) is 5.88. The van der Waals surface area contributed by atoms with Gasteiger partial charge in [-0.05, 0) is 71.8 Å². The van der Waals surface area contributed by atoms with Crippen molar-refractivity contribution in [1.29, 1.82) is 0 Å². The average Bonchev–Trinajstić information content (AvgIpc) is 2.88. The third-order valence-electron chi connectivity index (χ3n) is 5.37. The van der Waals surface area contributed by atoms with Gasteiger partial charge in [0.15, 0.2) is 5.60 Å². The number of hydrogen-bond acceptors (Lipinski definition) is 3. The van der Waals surface area contributed by atoms with Crippen LogP contribution in [0.1, 0.15) is 21.5 Å². The Hall–Kier alpha value is -3.71. The highest BCUT2D eigenvalue weighted by molar-refractivity contribution is 6.30. The lowest BCUT2D eigenvalue weighted by atomic mass is 9.85. The minimum atomic E-state index is -2.22. The molecule has 176 valence electrons. The van der Waals surface area contributed by atoms with Crippen molar-refractivity contribution in [1.82, 2.24) is 5.43 Å². The maximum atomic E-state index is 13.7. The van der Waals surface area contributed by atoms with Gasteiger partial charge in [0, 0.05) is 15.6 Å². The van der Waals surface area contributed by atoms with Crippen LogP contribution in [0.25, 0.3) is 0 Å². The molecular weight excluding hydrogens is 490 g/mol. The van der Waals surface area contributed by atoms with E-state index >= 15 is 0 Å². The summed E-state index contributed by atoms with van der Waals surface area (Å²) in [6.45, 7) is 0. The second kappa shape index (κ2) is 10.3. The standard InChI is InChI=1S/C27H19Cl2FN2O3/c28-21-10-6-19(7-11-21)27(35,20-8-12-22(29)13-9-20)26(34)31-32(24-16-14-23(30)15-17-24)25(33)18-4-2-1-3-5-18/h1-17,35H,(H,31,34). The van der Waals surface area contributed by atoms with Crippen LogP contribution in [-0.4, -0.2) is 16.9 Å². The molecule has 0 radical (unpaired) electrons. The van der Waals surface area contributed by atoms with Gasteiger partial charge in [0.1, 0.15) is 5.82 Å². The van der Waals surface area contributed by atoms with Crippen molar-refractivity contribution in [3.63, 3.8) is 0 Å². The average molecular weight is 509 g/mol. The van der Waals surface area contributed by atoms with Crippen LogP contribution in [0.4, 0.5) is 10.1 Å². The zero-order chi connectivity index (χ0) is 25.0. The number of hydrazine groups is 1. The van der Waals surface area contributed by atoms with Crippen LogP contribution in [0.2, 0.25) is 10.0 Å². The molecule has 0 aromatic heterocycles. The van der Waals surface area contributed by atoms with Crippen molar-refractivity contribution in [2.45, 2.75) is 5.60 Å². The number of amides is 2. The Kier molecular flexibility index (Phi) is 7.17. The molecule has 0 saturated heterocycles. The van der Waals surface area contributed by atoms with Crippen molar-refractivity contribution in [3.05, 3.63) is 136 Å². The highest BCUT2D eigenvalue weighted by Gasteiger charge is 2.41. The van der Waals surface area contributed by atoms with Gasteiger partial charge in [0.05, 0.1) is 5.69 Å². The fraction of sp³-hybridized carbons (Fsp3) is 0.0370. The molecule has 0 aliphatic carbocycles. The summed E-state index contributed by atoms with van der Waals surface area (Å²) in [6, 6.07) is 25.5. The topological polar surface area (TPSA) is 69.6 Å². The molecule has 0 aliphatic heterocycles. The van der Waals surface area contributed by atoms with Crippen molar-refractivity contribution >= 4 is 40.7 Å². The second-order valence-electron chi connectivity index (χ2n) is 7.65. The zero-order valence-corrected chi connectivity index (χ0v) is 19.7. The molecule has 0 bridgehead atoms. The SMILES string of the molecule is O=C(c1ccccc1)N(NC(=O)C(O)(c1ccc(Cl)cc1)c1ccc(Cl)cc1)c1ccc(F)cc1. The van der Waals surface area contributed by atoms with Gasteiger partial charge in [-0.25, -0.2) is 9.40 Å². The quantitative estimate of drug-likeness (QED) is 0.337. The molecule has 0 atom stereocenters. The minimum absolute atomic E-state index is 0.197. The van der Waals surface area contributed by atoms with Crippen LogP contribution in [0.15, 0.2) is 103 Å². The number of nitrogens with one attached hydrogen (secondary N) is 1. The Morgan fingerprint density at radius 1 is 0.743 bits per heavy atom. The van der Waals surface area contributed by atoms with Gasteiger partial charge in [0.2, 0.25) is 0 Å². The lowest BCUT2D eigenvalue weighted by Gasteiger charge is -2.32. The first kappa shape index (κ1) is 24.4. The molecule has 0 saturated carbocycles. The van der Waals surface area contributed by atoms with Crippen molar-refractivity contribution < 1.29 is 19.1 Å². The third kappa shape index (κ3) is 5.20. The second-order valence-corrected chi connectivity index (χ2v) is 8.52. The fourth-order valence-electron chi connectivity index (χ4n) is 3.53. The number of anilines is 1. The minimum Gasteiger partial charge on any atom is -0.372 e. The molecule has 2 amide bonds. The first-order valence-corrected chi connectivity index (χ1v) is 11.3. The number of benzene rings is 4. The molecule has 0 aliphatic rings. The van der Waals surface area contributed by atoms with Gasteiger partial charge in [-0.15, -0.1) is 0 Å². The predicted octanol–water partition coefficient (Wildman–Crippen LogP) is 5.75. The first-order valence-electron chi connectivity index (χ1n) is 10.5. The number of halogens is 3. The molecule has 4 aromatic carbocycles. The summed E-state index contributed by atoms with van der Waals surface area (Å²) in [5.41, 5.74) is 1.21. The summed E-state index contributed by atoms with van der Waals surface area (Å²) in [4.78, 5) is 27.1. The Morgan fingerprint density at radius 2 is 1.23 bits per heavy atom. The lowest BCUT2D eigenvalue weighted by Crippen LogP contribution is -2.54. The van der Waals surface area contributed by atoms with E-state index in [0.29, 0.717) is 10.0 Å². The Bertz CT molecular complexity index is 1280. The molecule has 2 N–H and O–H groups in total. The van der Waals surface area contributed by atoms with Gasteiger partial charge >= 0.3 is 0 Å². The number of carbonyl (C=O) groups excluding carboxylic acids is 2. The highest BCUT2D eigenvalue weighted by Crippen LogP contribution is 2.32. The van der Waals surface area contributed by atoms with Gasteiger partial charge in [-0.2, -0.15) is 0 Å². The smallest absolute Gasteiger partial charge is 0.280 e. The van der Waals surface area contributed by atoms with E-state index in [2.05, 4.69) is 5.43 Å². The van der Waals surface area contributed by atoms with Crippen LogP contribution in [0, 0.1) is 5.82 Å². The predicted molar refractivity (Wildman–Crippen MR) is 134 cm³/mol. The molecule has 5 nitrogen and oxygen atoms in total. The highest BCUT2D eigenvalue weighted by atomic mass is 35.5. The summed E-state index contributed by atoms with van der Waals surface area (Å²) >= 11 is 12.0. The van der Waals surface area contributed by atoms with Gasteiger partial charge < -0.3 is 5.11 Å². The van der Waals surface area contributed by atoms with E-state index in [1.165, 1.54) is 60.7 Å². The van der Waals surface area contributed by atoms with E-state index in [4.69, 9.17) is 23.2 Å². The molecule has 0 spiro atoms. The van der Waals surface area contributed by atoms with Crippen LogP contribution >= 0.6 is 23.2 Å². The maximum absolute atomic E-state index is 13.7. The molecule has 35 heavy (non-hydrogen) atoms. The summed E-state index contributed by atoms with van der Waals surface area (Å²) in [6.07, 6.45) is 0. The molecule has 4 rings (SSSR count). The van der Waals surface area contributed by atoms with E-state index in [-0.39, 0.29) is 22.4 Å². The van der Waals surface area contributed by atoms with Gasteiger partial charge in [-0.3, -0.25) is 15.0 Å². The molecule has 0 heterocycles. The molecule has 0 fully saturated rings. The number of aliphatic hydroxyl groups is 1. The summed E-state index contributed by atoms with van der Waals surface area (Å²) in [5, 5.41) is 13.6. The van der Waals surface area contributed by atoms with E-state index in [1.54, 1.807) is 30.3 Å². The number of hydrogen-bond donors (Lipinski definition) is 2. The van der Waals surface area contributed by atoms with E-state index in [1.807, 2.05) is 0 Å². The van der Waals surface area contributed by atoms with Gasteiger partial charge in [0.25, 0.3) is 11.8 Å². The van der Waals surface area contributed by atoms with Crippen LogP contribution in [0.5, 0.6) is 0 Å². The Labute approximate surface area is 211 Å². The van der Waals surface area contributed by atoms with E-state index in [9.17, 15) is 19.1 Å². The lowest BCUT2D eigenvalue weighted by molar-refractivity contribution is -0.136. The summed E-state index contributed by atoms with van der Waals surface area (Å²) in [5.74, 6) is -2.01. The summed E-state index contributed by atoms with van der Waals surface area (Å²) in [7, 11) is 0. The van der Waals surface area contributed by atoms with Crippen molar-refractivity contribution in [2.24, 2.45) is 0 Å². The van der Waals surface area contributed by atoms with E-state index < -0.39 is 23.2 Å². The monoisotopic (exact) mass is 508 g/mol. The largest absolute Gasteiger partial charge is 0.372 e. The summed E-state index contributed by atoms with van der Waals surface area (Å²) < 4.78 is 13.6. The fourth-order valence-corrected chi connectivity index (χ4v) is 3.78. The first-order chi connectivity index (χ1) is 16.8.